The van der Waals surface area contributed by atoms with Crippen molar-refractivity contribution >= 4 is 37.6 Å². The van der Waals surface area contributed by atoms with Gasteiger partial charge in [0, 0.05) is 6.54 Å². The lowest BCUT2D eigenvalue weighted by Gasteiger charge is -2.08. The lowest BCUT2D eigenvalue weighted by atomic mass is 10.5. The molecule has 0 aliphatic carbocycles. The van der Waals surface area contributed by atoms with E-state index in [-0.39, 0.29) is 5.34 Å². The summed E-state index contributed by atoms with van der Waals surface area (Å²) in [6, 6.07) is -0.443. The maximum absolute atomic E-state index is 9.87. The van der Waals surface area contributed by atoms with Gasteiger partial charge in [-0.2, -0.15) is 5.26 Å². The third kappa shape index (κ3) is 83.7. The topological polar surface area (TPSA) is 114 Å². The molecule has 128 valence electrons. The predicted octanol–water partition coefficient (Wildman–Crippen LogP) is 3.16. The van der Waals surface area contributed by atoms with Crippen molar-refractivity contribution in [2.24, 2.45) is 11.5 Å². The number of primary amides is 1. The van der Waals surface area contributed by atoms with E-state index in [4.69, 9.17) is 39.9 Å². The Hall–Kier alpha value is -0.683. The molecule has 0 fully saturated rings. The molecule has 0 bridgehead atoms. The molecule has 0 unspecified atom stereocenters. The van der Waals surface area contributed by atoms with Gasteiger partial charge in [0.1, 0.15) is 0 Å². The number of amides is 2. The first-order chi connectivity index (χ1) is 9.66. The second-order valence-electron chi connectivity index (χ2n) is 4.49. The highest BCUT2D eigenvalue weighted by Crippen LogP contribution is 1.99. The molecular weight excluding hydrogens is 331 g/mol. The number of hydrogen-bond donors (Lipinski definition) is 3. The second kappa shape index (κ2) is 24.3. The van der Waals surface area contributed by atoms with Crippen molar-refractivity contribution in [1.82, 2.24) is 5.32 Å². The summed E-state index contributed by atoms with van der Waals surface area (Å²) in [6.07, 6.45) is 3.70. The Morgan fingerprint density at radius 3 is 1.71 bits per heavy atom. The van der Waals surface area contributed by atoms with Crippen LogP contribution in [0.15, 0.2) is 0 Å². The molecule has 5 N–H and O–H groups in total. The molecule has 0 heterocycles. The zero-order valence-corrected chi connectivity index (χ0v) is 16.2. The van der Waals surface area contributed by atoms with Gasteiger partial charge < -0.3 is 21.2 Å². The predicted molar refractivity (Wildman–Crippen MR) is 93.8 cm³/mol. The summed E-state index contributed by atoms with van der Waals surface area (Å²) >= 11 is 9.53. The summed E-state index contributed by atoms with van der Waals surface area (Å²) in [6.45, 7) is 11.4. The van der Waals surface area contributed by atoms with Crippen LogP contribution < -0.4 is 16.8 Å². The van der Waals surface area contributed by atoms with Crippen molar-refractivity contribution in [3.05, 3.63) is 0 Å². The molecule has 0 aromatic heterocycles. The highest BCUT2D eigenvalue weighted by atomic mass is 35.5. The van der Waals surface area contributed by atoms with E-state index in [1.807, 2.05) is 26.6 Å². The molecule has 0 saturated heterocycles. The Morgan fingerprint density at radius 2 is 1.67 bits per heavy atom. The Morgan fingerprint density at radius 1 is 1.29 bits per heavy atom. The van der Waals surface area contributed by atoms with Crippen LogP contribution in [0.2, 0.25) is 19.6 Å². The van der Waals surface area contributed by atoms with E-state index in [0.29, 0.717) is 6.54 Å². The van der Waals surface area contributed by atoms with Crippen LogP contribution in [-0.4, -0.2) is 32.8 Å². The molecule has 0 rings (SSSR count). The van der Waals surface area contributed by atoms with Crippen molar-refractivity contribution in [1.29, 1.82) is 5.26 Å². The van der Waals surface area contributed by atoms with E-state index in [1.165, 1.54) is 0 Å². The number of nitrogens with two attached hydrogens (primary N) is 2. The lowest BCUT2D eigenvalue weighted by Crippen LogP contribution is -2.29. The van der Waals surface area contributed by atoms with Crippen molar-refractivity contribution in [3.63, 3.8) is 0 Å². The third-order valence-electron chi connectivity index (χ3n) is 1.19. The fraction of sp³-hybridized carbons (Fsp3) is 0.833. The molecule has 0 saturated carbocycles. The third-order valence-corrected chi connectivity index (χ3v) is 1.89. The molecule has 0 aliphatic heterocycles. The quantitative estimate of drug-likeness (QED) is 0.405. The molecule has 2 amide bonds. The SMILES string of the molecule is CCCN.CCCNC(N)=O.C[Si](C)(C)OC#N.ClCCl. The number of nitrogens with zero attached hydrogens (tertiary/aromatic N) is 1. The fourth-order valence-electron chi connectivity index (χ4n) is 0.385. The zero-order chi connectivity index (χ0) is 17.7. The number of carbonyl (C=O) groups is 1. The molecule has 0 aliphatic rings. The molecule has 0 aromatic carbocycles. The van der Waals surface area contributed by atoms with Crippen LogP contribution in [0, 0.1) is 11.5 Å². The number of alkyl halides is 2. The highest BCUT2D eigenvalue weighted by Gasteiger charge is 2.14. The van der Waals surface area contributed by atoms with E-state index < -0.39 is 14.3 Å². The van der Waals surface area contributed by atoms with Gasteiger partial charge in [-0.3, -0.25) is 0 Å². The first-order valence-electron chi connectivity index (χ1n) is 6.59. The number of carbonyl (C=O) groups excluding carboxylic acids is 1. The number of nitriles is 1. The van der Waals surface area contributed by atoms with Gasteiger partial charge in [-0.15, -0.1) is 23.2 Å². The van der Waals surface area contributed by atoms with Crippen LogP contribution in [0.5, 0.6) is 0 Å². The van der Waals surface area contributed by atoms with E-state index in [1.54, 1.807) is 6.26 Å². The van der Waals surface area contributed by atoms with Crippen LogP contribution in [0.1, 0.15) is 26.7 Å². The van der Waals surface area contributed by atoms with Gasteiger partial charge in [0.15, 0.2) is 0 Å². The monoisotopic (exact) mass is 360 g/mol. The van der Waals surface area contributed by atoms with Gasteiger partial charge in [0.25, 0.3) is 14.6 Å². The van der Waals surface area contributed by atoms with E-state index in [9.17, 15) is 4.79 Å². The Bertz CT molecular complexity index is 244. The van der Waals surface area contributed by atoms with Crippen LogP contribution in [-0.2, 0) is 4.43 Å². The fourth-order valence-corrected chi connectivity index (χ4v) is 0.659. The summed E-state index contributed by atoms with van der Waals surface area (Å²) in [5, 5.41) is 10.6. The molecular formula is C12H30Cl2N4O2Si. The second-order valence-corrected chi connectivity index (χ2v) is 9.72. The van der Waals surface area contributed by atoms with Gasteiger partial charge in [-0.1, -0.05) is 13.8 Å². The van der Waals surface area contributed by atoms with Gasteiger partial charge in [-0.25, -0.2) is 4.79 Å². The van der Waals surface area contributed by atoms with Crippen molar-refractivity contribution in [3.8, 4) is 6.26 Å². The minimum absolute atomic E-state index is 0.194. The molecule has 0 radical (unpaired) electrons. The standard InChI is InChI=1S/C4H10N2O.C4H9NOSi.C3H9N.CH2Cl2/c1-2-3-6-4(5)7;1-7(2,3)6-4-5;1-2-3-4;2-1-3/h2-3H2,1H3,(H3,5,6,7);1-3H3;2-4H2,1H3;1H2. The highest BCUT2D eigenvalue weighted by molar-refractivity contribution is 6.70. The maximum Gasteiger partial charge on any atom is 0.312 e. The minimum Gasteiger partial charge on any atom is -0.483 e. The first kappa shape index (κ1) is 28.5. The Balaban J connectivity index is -0.0000000973. The average Bonchev–Trinajstić information content (AvgIpc) is 2.37. The Kier molecular flexibility index (Phi) is 33.0. The molecule has 9 heteroatoms. The number of rotatable bonds is 4. The van der Waals surface area contributed by atoms with E-state index in [2.05, 4.69) is 16.7 Å². The largest absolute Gasteiger partial charge is 0.483 e. The number of urea groups is 1. The summed E-state index contributed by atoms with van der Waals surface area (Å²) < 4.78 is 4.67. The van der Waals surface area contributed by atoms with Crippen molar-refractivity contribution in [2.75, 3.05) is 18.4 Å². The summed E-state index contributed by atoms with van der Waals surface area (Å²) in [5.74, 6) is 0. The maximum atomic E-state index is 9.87. The van der Waals surface area contributed by atoms with Gasteiger partial charge in [0.2, 0.25) is 0 Å². The molecule has 0 atom stereocenters. The zero-order valence-electron chi connectivity index (χ0n) is 13.7. The number of halogens is 2. The average molecular weight is 361 g/mol. The number of hydrogen-bond acceptors (Lipinski definition) is 4. The summed E-state index contributed by atoms with van der Waals surface area (Å²) in [5.41, 5.74) is 9.76. The van der Waals surface area contributed by atoms with Crippen LogP contribution in [0.25, 0.3) is 0 Å². The van der Waals surface area contributed by atoms with Crippen molar-refractivity contribution < 1.29 is 9.22 Å². The van der Waals surface area contributed by atoms with E-state index >= 15 is 0 Å². The van der Waals surface area contributed by atoms with Crippen LogP contribution >= 0.6 is 23.2 Å². The van der Waals surface area contributed by atoms with Gasteiger partial charge >= 0.3 is 6.03 Å². The van der Waals surface area contributed by atoms with Crippen molar-refractivity contribution in [2.45, 2.75) is 46.3 Å². The molecule has 6 nitrogen and oxygen atoms in total. The van der Waals surface area contributed by atoms with Crippen LogP contribution in [0.3, 0.4) is 0 Å². The summed E-state index contributed by atoms with van der Waals surface area (Å²) in [7, 11) is -1.52. The molecule has 21 heavy (non-hydrogen) atoms. The minimum atomic E-state index is -1.52. The Labute approximate surface area is 140 Å². The first-order valence-corrected chi connectivity index (χ1v) is 11.1. The van der Waals surface area contributed by atoms with Gasteiger partial charge in [-0.05, 0) is 39.0 Å². The molecule has 0 spiro atoms. The normalized spacial score (nSPS) is 8.33. The lowest BCUT2D eigenvalue weighted by molar-refractivity contribution is 0.249. The molecule has 0 aromatic rings. The smallest absolute Gasteiger partial charge is 0.312 e. The van der Waals surface area contributed by atoms with Crippen LogP contribution in [0.4, 0.5) is 4.79 Å². The van der Waals surface area contributed by atoms with Gasteiger partial charge in [0.05, 0.1) is 5.34 Å². The summed E-state index contributed by atoms with van der Waals surface area (Å²) in [4.78, 5) is 9.87. The number of nitrogens with one attached hydrogen (secondary N) is 1. The van der Waals surface area contributed by atoms with E-state index in [0.717, 1.165) is 19.4 Å².